The van der Waals surface area contributed by atoms with Crippen molar-refractivity contribution in [2.75, 3.05) is 6.54 Å². The molecule has 0 aromatic heterocycles. The maximum atomic E-state index is 12.6. The molecule has 1 aliphatic rings. The number of aryl methyl sites for hydroxylation is 1. The van der Waals surface area contributed by atoms with E-state index in [1.54, 1.807) is 0 Å². The van der Waals surface area contributed by atoms with Crippen LogP contribution in [0.5, 0.6) is 0 Å². The van der Waals surface area contributed by atoms with Gasteiger partial charge in [0.15, 0.2) is 0 Å². The minimum absolute atomic E-state index is 0.00834. The molecule has 1 heterocycles. The van der Waals surface area contributed by atoms with Gasteiger partial charge < -0.3 is 5.32 Å². The zero-order valence-electron chi connectivity index (χ0n) is 17.7. The number of hydrogen-bond acceptors (Lipinski definition) is 2. The molecular weight excluding hydrogens is 368 g/mol. The third-order valence-electron chi connectivity index (χ3n) is 5.92. The standard InChI is InChI=1S/C27H30N2O/c1-21(11-12-22-7-3-2-4-8-22)28-27(30)25-15-13-23(14-16-25)19-29-18-17-24-9-5-6-10-26(24)20-29/h2-10,13-16,21H,11-12,17-20H2,1H3,(H,28,30)/t21-/m1/s1. The summed E-state index contributed by atoms with van der Waals surface area (Å²) in [7, 11) is 0. The summed E-state index contributed by atoms with van der Waals surface area (Å²) < 4.78 is 0. The van der Waals surface area contributed by atoms with Crippen molar-refractivity contribution < 1.29 is 4.79 Å². The Morgan fingerprint density at radius 3 is 2.37 bits per heavy atom. The highest BCUT2D eigenvalue weighted by molar-refractivity contribution is 5.94. The van der Waals surface area contributed by atoms with Crippen LogP contribution >= 0.6 is 0 Å². The molecule has 3 heteroatoms. The van der Waals surface area contributed by atoms with Crippen molar-refractivity contribution in [3.63, 3.8) is 0 Å². The van der Waals surface area contributed by atoms with Crippen molar-refractivity contribution in [3.8, 4) is 0 Å². The number of nitrogens with one attached hydrogen (secondary N) is 1. The lowest BCUT2D eigenvalue weighted by Gasteiger charge is -2.28. The van der Waals surface area contributed by atoms with Crippen LogP contribution in [0.2, 0.25) is 0 Å². The van der Waals surface area contributed by atoms with Crippen LogP contribution in [0.15, 0.2) is 78.9 Å². The van der Waals surface area contributed by atoms with Gasteiger partial charge in [0.2, 0.25) is 0 Å². The lowest BCUT2D eigenvalue weighted by molar-refractivity contribution is 0.0938. The van der Waals surface area contributed by atoms with E-state index >= 15 is 0 Å². The van der Waals surface area contributed by atoms with Crippen molar-refractivity contribution in [2.24, 2.45) is 0 Å². The number of carbonyl (C=O) groups excluding carboxylic acids is 1. The van der Waals surface area contributed by atoms with E-state index in [2.05, 4.69) is 77.8 Å². The fraction of sp³-hybridized carbons (Fsp3) is 0.296. The lowest BCUT2D eigenvalue weighted by Crippen LogP contribution is -2.33. The molecule has 3 aromatic carbocycles. The van der Waals surface area contributed by atoms with Crippen LogP contribution in [0, 0.1) is 0 Å². The molecule has 0 radical (unpaired) electrons. The van der Waals surface area contributed by atoms with Crippen LogP contribution in [0.25, 0.3) is 0 Å². The van der Waals surface area contributed by atoms with Crippen molar-refractivity contribution in [2.45, 2.75) is 45.3 Å². The molecule has 0 fully saturated rings. The normalized spacial score (nSPS) is 14.7. The predicted octanol–water partition coefficient (Wildman–Crippen LogP) is 5.00. The highest BCUT2D eigenvalue weighted by Gasteiger charge is 2.16. The summed E-state index contributed by atoms with van der Waals surface area (Å²) in [4.78, 5) is 15.1. The Morgan fingerprint density at radius 1 is 0.900 bits per heavy atom. The summed E-state index contributed by atoms with van der Waals surface area (Å²) in [6.07, 6.45) is 3.02. The number of benzene rings is 3. The molecule has 1 amide bonds. The van der Waals surface area contributed by atoms with Gasteiger partial charge in [-0.25, -0.2) is 0 Å². The van der Waals surface area contributed by atoms with Crippen molar-refractivity contribution in [1.82, 2.24) is 10.2 Å². The average Bonchev–Trinajstić information content (AvgIpc) is 2.79. The number of nitrogens with zero attached hydrogens (tertiary/aromatic N) is 1. The van der Waals surface area contributed by atoms with E-state index in [4.69, 9.17) is 0 Å². The van der Waals surface area contributed by atoms with Gasteiger partial charge in [0, 0.05) is 31.2 Å². The number of fused-ring (bicyclic) bond motifs is 1. The molecular formula is C27H30N2O. The van der Waals surface area contributed by atoms with Crippen molar-refractivity contribution in [1.29, 1.82) is 0 Å². The molecule has 0 unspecified atom stereocenters. The molecule has 0 saturated heterocycles. The number of rotatable bonds is 7. The van der Waals surface area contributed by atoms with Gasteiger partial charge in [-0.1, -0.05) is 66.7 Å². The monoisotopic (exact) mass is 398 g/mol. The zero-order valence-corrected chi connectivity index (χ0v) is 17.7. The van der Waals surface area contributed by atoms with Gasteiger partial charge in [0.25, 0.3) is 5.91 Å². The maximum Gasteiger partial charge on any atom is 0.251 e. The SMILES string of the molecule is C[C@H](CCc1ccccc1)NC(=O)c1ccc(CN2CCc3ccccc3C2)cc1. The van der Waals surface area contributed by atoms with Gasteiger partial charge in [-0.2, -0.15) is 0 Å². The molecule has 1 N–H and O–H groups in total. The molecule has 1 atom stereocenters. The van der Waals surface area contributed by atoms with E-state index in [9.17, 15) is 4.79 Å². The van der Waals surface area contributed by atoms with E-state index in [1.165, 1.54) is 22.3 Å². The molecule has 0 saturated carbocycles. The van der Waals surface area contributed by atoms with Gasteiger partial charge >= 0.3 is 0 Å². The molecule has 0 aliphatic carbocycles. The second-order valence-electron chi connectivity index (χ2n) is 8.33. The van der Waals surface area contributed by atoms with Crippen molar-refractivity contribution in [3.05, 3.63) is 107 Å². The number of hydrogen-bond donors (Lipinski definition) is 1. The average molecular weight is 399 g/mol. The minimum atomic E-state index is 0.00834. The third-order valence-corrected chi connectivity index (χ3v) is 5.92. The Hall–Kier alpha value is -2.91. The Kier molecular flexibility index (Phi) is 6.60. The van der Waals surface area contributed by atoms with Crippen LogP contribution in [-0.4, -0.2) is 23.4 Å². The second-order valence-corrected chi connectivity index (χ2v) is 8.33. The van der Waals surface area contributed by atoms with E-state index in [1.807, 2.05) is 18.2 Å². The van der Waals surface area contributed by atoms with E-state index < -0.39 is 0 Å². The van der Waals surface area contributed by atoms with E-state index in [0.29, 0.717) is 0 Å². The Labute approximate surface area is 179 Å². The summed E-state index contributed by atoms with van der Waals surface area (Å²) in [6, 6.07) is 27.3. The first-order valence-electron chi connectivity index (χ1n) is 10.9. The largest absolute Gasteiger partial charge is 0.350 e. The van der Waals surface area contributed by atoms with Gasteiger partial charge in [0.1, 0.15) is 0 Å². The second kappa shape index (κ2) is 9.73. The molecule has 3 nitrogen and oxygen atoms in total. The van der Waals surface area contributed by atoms with Crippen molar-refractivity contribution >= 4 is 5.91 Å². The highest BCUT2D eigenvalue weighted by atomic mass is 16.1. The molecule has 0 spiro atoms. The fourth-order valence-electron chi connectivity index (χ4n) is 4.12. The number of amides is 1. The smallest absolute Gasteiger partial charge is 0.251 e. The minimum Gasteiger partial charge on any atom is -0.350 e. The summed E-state index contributed by atoms with van der Waals surface area (Å²) in [5.41, 5.74) is 6.20. The summed E-state index contributed by atoms with van der Waals surface area (Å²) >= 11 is 0. The first-order valence-corrected chi connectivity index (χ1v) is 10.9. The number of carbonyl (C=O) groups is 1. The van der Waals surface area contributed by atoms with Crippen LogP contribution in [-0.2, 0) is 25.9 Å². The third kappa shape index (κ3) is 5.37. The van der Waals surface area contributed by atoms with Gasteiger partial charge in [-0.05, 0) is 60.6 Å². The first kappa shape index (κ1) is 20.4. The quantitative estimate of drug-likeness (QED) is 0.608. The lowest BCUT2D eigenvalue weighted by atomic mass is 9.99. The highest BCUT2D eigenvalue weighted by Crippen LogP contribution is 2.20. The predicted molar refractivity (Wildman–Crippen MR) is 122 cm³/mol. The van der Waals surface area contributed by atoms with Crippen LogP contribution in [0.3, 0.4) is 0 Å². The topological polar surface area (TPSA) is 32.3 Å². The Bertz CT molecular complexity index is 966. The van der Waals surface area contributed by atoms with Gasteiger partial charge in [0.05, 0.1) is 0 Å². The fourth-order valence-corrected chi connectivity index (χ4v) is 4.12. The summed E-state index contributed by atoms with van der Waals surface area (Å²) in [5, 5.41) is 3.13. The molecule has 0 bridgehead atoms. The molecule has 3 aromatic rings. The van der Waals surface area contributed by atoms with Crippen LogP contribution in [0.1, 0.15) is 46.0 Å². The van der Waals surface area contributed by atoms with Crippen LogP contribution < -0.4 is 5.32 Å². The molecule has 154 valence electrons. The molecule has 1 aliphatic heterocycles. The Balaban J connectivity index is 1.27. The molecule has 30 heavy (non-hydrogen) atoms. The van der Waals surface area contributed by atoms with Crippen LogP contribution in [0.4, 0.5) is 0 Å². The summed E-state index contributed by atoms with van der Waals surface area (Å²) in [5.74, 6) is 0.00834. The Morgan fingerprint density at radius 2 is 1.60 bits per heavy atom. The van der Waals surface area contributed by atoms with E-state index in [0.717, 1.165) is 44.5 Å². The van der Waals surface area contributed by atoms with E-state index in [-0.39, 0.29) is 11.9 Å². The summed E-state index contributed by atoms with van der Waals surface area (Å²) in [6.45, 7) is 5.07. The zero-order chi connectivity index (χ0) is 20.8. The van der Waals surface area contributed by atoms with Gasteiger partial charge in [-0.15, -0.1) is 0 Å². The maximum absolute atomic E-state index is 12.6. The first-order chi connectivity index (χ1) is 14.7. The van der Waals surface area contributed by atoms with Gasteiger partial charge in [-0.3, -0.25) is 9.69 Å². The molecule has 4 rings (SSSR count).